The zero-order chi connectivity index (χ0) is 13.2. The summed E-state index contributed by atoms with van der Waals surface area (Å²) in [5.74, 6) is -0.146. The average Bonchev–Trinajstić information content (AvgIpc) is 2.29. The molecule has 18 heavy (non-hydrogen) atoms. The highest BCUT2D eigenvalue weighted by atomic mass is 16.5. The van der Waals surface area contributed by atoms with Crippen LogP contribution in [0.5, 0.6) is 11.5 Å². The molecule has 4 nitrogen and oxygen atoms in total. The van der Waals surface area contributed by atoms with Crippen molar-refractivity contribution < 1.29 is 14.9 Å². The maximum Gasteiger partial charge on any atom is 0.157 e. The smallest absolute Gasteiger partial charge is 0.157 e. The Balaban J connectivity index is 1.89. The van der Waals surface area contributed by atoms with Crippen molar-refractivity contribution in [1.82, 2.24) is 5.32 Å². The van der Waals surface area contributed by atoms with Crippen LogP contribution in [0, 0.1) is 0 Å². The van der Waals surface area contributed by atoms with Gasteiger partial charge in [-0.1, -0.05) is 6.07 Å². The van der Waals surface area contributed by atoms with Gasteiger partial charge in [0.2, 0.25) is 0 Å². The van der Waals surface area contributed by atoms with Gasteiger partial charge in [-0.25, -0.2) is 0 Å². The van der Waals surface area contributed by atoms with E-state index >= 15 is 0 Å². The summed E-state index contributed by atoms with van der Waals surface area (Å²) in [5.41, 5.74) is 0.905. The molecule has 1 aromatic carbocycles. The standard InChI is InChI=1S/C14H21NO3/c1-14(2)8-11(5-6-18-14)15-9-10-3-4-12(16)13(17)7-10/h3-4,7,11,15-17H,5-6,8-9H2,1-2H3. The van der Waals surface area contributed by atoms with E-state index in [-0.39, 0.29) is 17.1 Å². The molecule has 3 N–H and O–H groups in total. The van der Waals surface area contributed by atoms with Gasteiger partial charge in [0.15, 0.2) is 11.5 Å². The van der Waals surface area contributed by atoms with Gasteiger partial charge in [0.05, 0.1) is 5.60 Å². The zero-order valence-electron chi connectivity index (χ0n) is 10.9. The summed E-state index contributed by atoms with van der Waals surface area (Å²) in [4.78, 5) is 0. The number of hydrogen-bond donors (Lipinski definition) is 3. The van der Waals surface area contributed by atoms with Crippen molar-refractivity contribution in [3.8, 4) is 11.5 Å². The minimum absolute atomic E-state index is 0.0625. The molecule has 1 unspecified atom stereocenters. The maximum absolute atomic E-state index is 9.42. The zero-order valence-corrected chi connectivity index (χ0v) is 10.9. The van der Waals surface area contributed by atoms with Crippen LogP contribution < -0.4 is 5.32 Å². The molecule has 0 saturated carbocycles. The third-order valence-electron chi connectivity index (χ3n) is 3.33. The third-order valence-corrected chi connectivity index (χ3v) is 3.33. The molecule has 4 heteroatoms. The van der Waals surface area contributed by atoms with E-state index in [1.807, 2.05) is 6.07 Å². The van der Waals surface area contributed by atoms with E-state index in [9.17, 15) is 10.2 Å². The van der Waals surface area contributed by atoms with Gasteiger partial charge >= 0.3 is 0 Å². The lowest BCUT2D eigenvalue weighted by atomic mass is 9.94. The Morgan fingerprint density at radius 3 is 2.78 bits per heavy atom. The lowest BCUT2D eigenvalue weighted by Crippen LogP contribution is -2.43. The summed E-state index contributed by atoms with van der Waals surface area (Å²) < 4.78 is 5.67. The van der Waals surface area contributed by atoms with E-state index in [0.29, 0.717) is 12.6 Å². The number of phenols is 2. The fourth-order valence-corrected chi connectivity index (χ4v) is 2.35. The fourth-order valence-electron chi connectivity index (χ4n) is 2.35. The van der Waals surface area contributed by atoms with E-state index in [1.54, 1.807) is 6.07 Å². The summed E-state index contributed by atoms with van der Waals surface area (Å²) in [7, 11) is 0. The van der Waals surface area contributed by atoms with Gasteiger partial charge in [0.25, 0.3) is 0 Å². The largest absolute Gasteiger partial charge is 0.504 e. The lowest BCUT2D eigenvalue weighted by Gasteiger charge is -2.36. The molecule has 2 rings (SSSR count). The van der Waals surface area contributed by atoms with Crippen LogP contribution in [0.4, 0.5) is 0 Å². The Labute approximate surface area is 108 Å². The molecule has 0 spiro atoms. The molecule has 0 radical (unpaired) electrons. The van der Waals surface area contributed by atoms with Crippen LogP contribution in [0.25, 0.3) is 0 Å². The molecule has 0 aromatic heterocycles. The first-order chi connectivity index (χ1) is 8.46. The Kier molecular flexibility index (Phi) is 3.78. The molecular weight excluding hydrogens is 230 g/mol. The lowest BCUT2D eigenvalue weighted by molar-refractivity contribution is -0.0630. The first-order valence-electron chi connectivity index (χ1n) is 6.34. The van der Waals surface area contributed by atoms with Crippen LogP contribution in [-0.4, -0.2) is 28.5 Å². The first kappa shape index (κ1) is 13.2. The number of phenolic OH excluding ortho intramolecular Hbond substituents is 2. The van der Waals surface area contributed by atoms with Crippen molar-refractivity contribution in [2.45, 2.75) is 44.9 Å². The van der Waals surface area contributed by atoms with E-state index in [0.717, 1.165) is 25.0 Å². The first-order valence-corrected chi connectivity index (χ1v) is 6.34. The summed E-state index contributed by atoms with van der Waals surface area (Å²) in [6.45, 7) is 5.68. The molecule has 0 aliphatic carbocycles. The predicted molar refractivity (Wildman–Crippen MR) is 69.7 cm³/mol. The Morgan fingerprint density at radius 1 is 1.33 bits per heavy atom. The van der Waals surface area contributed by atoms with Crippen LogP contribution in [0.2, 0.25) is 0 Å². The molecule has 1 aliphatic heterocycles. The highest BCUT2D eigenvalue weighted by Crippen LogP contribution is 2.26. The second-order valence-corrected chi connectivity index (χ2v) is 5.50. The Hall–Kier alpha value is -1.26. The number of benzene rings is 1. The Bertz CT molecular complexity index is 418. The van der Waals surface area contributed by atoms with E-state index in [2.05, 4.69) is 19.2 Å². The van der Waals surface area contributed by atoms with Crippen molar-refractivity contribution in [3.63, 3.8) is 0 Å². The van der Waals surface area contributed by atoms with E-state index in [4.69, 9.17) is 4.74 Å². The van der Waals surface area contributed by atoms with Gasteiger partial charge < -0.3 is 20.3 Å². The van der Waals surface area contributed by atoms with Crippen molar-refractivity contribution in [2.24, 2.45) is 0 Å². The molecule has 1 saturated heterocycles. The van der Waals surface area contributed by atoms with Crippen LogP contribution in [0.1, 0.15) is 32.3 Å². The number of nitrogens with one attached hydrogen (secondary N) is 1. The second-order valence-electron chi connectivity index (χ2n) is 5.50. The number of ether oxygens (including phenoxy) is 1. The quantitative estimate of drug-likeness (QED) is 0.720. The average molecular weight is 251 g/mol. The molecule has 1 aliphatic rings. The number of aromatic hydroxyl groups is 2. The van der Waals surface area contributed by atoms with Crippen LogP contribution in [-0.2, 0) is 11.3 Å². The highest BCUT2D eigenvalue weighted by molar-refractivity contribution is 5.40. The summed E-state index contributed by atoms with van der Waals surface area (Å²) in [5, 5.41) is 22.1. The number of hydrogen-bond acceptors (Lipinski definition) is 4. The SMILES string of the molecule is CC1(C)CC(NCc2ccc(O)c(O)c2)CCO1. The molecule has 1 aromatic rings. The fraction of sp³-hybridized carbons (Fsp3) is 0.571. The molecule has 1 fully saturated rings. The monoisotopic (exact) mass is 251 g/mol. The summed E-state index contributed by atoms with van der Waals surface area (Å²) in [6, 6.07) is 5.35. The molecule has 100 valence electrons. The molecule has 0 amide bonds. The second kappa shape index (κ2) is 5.16. The minimum atomic E-state index is -0.0778. The normalized spacial score (nSPS) is 22.9. The predicted octanol–water partition coefficient (Wildman–Crippen LogP) is 2.14. The van der Waals surface area contributed by atoms with Gasteiger partial charge in [-0.05, 0) is 44.4 Å². The highest BCUT2D eigenvalue weighted by Gasteiger charge is 2.28. The van der Waals surface area contributed by atoms with Gasteiger partial charge in [0.1, 0.15) is 0 Å². The number of rotatable bonds is 3. The molecule has 1 atom stereocenters. The van der Waals surface area contributed by atoms with Gasteiger partial charge in [-0.2, -0.15) is 0 Å². The molecular formula is C14H21NO3. The van der Waals surface area contributed by atoms with Gasteiger partial charge in [-0.3, -0.25) is 0 Å². The van der Waals surface area contributed by atoms with Crippen molar-refractivity contribution in [3.05, 3.63) is 23.8 Å². The topological polar surface area (TPSA) is 61.7 Å². The minimum Gasteiger partial charge on any atom is -0.504 e. The molecule has 1 heterocycles. The van der Waals surface area contributed by atoms with E-state index in [1.165, 1.54) is 6.07 Å². The van der Waals surface area contributed by atoms with Gasteiger partial charge in [-0.15, -0.1) is 0 Å². The third kappa shape index (κ3) is 3.37. The van der Waals surface area contributed by atoms with Crippen molar-refractivity contribution in [1.29, 1.82) is 0 Å². The maximum atomic E-state index is 9.42. The van der Waals surface area contributed by atoms with Gasteiger partial charge in [0, 0.05) is 19.2 Å². The molecule has 0 bridgehead atoms. The summed E-state index contributed by atoms with van der Waals surface area (Å²) >= 11 is 0. The van der Waals surface area contributed by atoms with Crippen LogP contribution in [0.3, 0.4) is 0 Å². The summed E-state index contributed by atoms with van der Waals surface area (Å²) in [6.07, 6.45) is 1.99. The van der Waals surface area contributed by atoms with E-state index < -0.39 is 0 Å². The van der Waals surface area contributed by atoms with Crippen LogP contribution in [0.15, 0.2) is 18.2 Å². The Morgan fingerprint density at radius 2 is 2.11 bits per heavy atom. The van der Waals surface area contributed by atoms with Crippen molar-refractivity contribution in [2.75, 3.05) is 6.61 Å². The van der Waals surface area contributed by atoms with Crippen molar-refractivity contribution >= 4 is 0 Å². The van der Waals surface area contributed by atoms with Crippen LogP contribution >= 0.6 is 0 Å².